The maximum Gasteiger partial charge on any atom is 0.325 e. The topological polar surface area (TPSA) is 163 Å². The molecular weight excluding hydrogens is 284 g/mol. The summed E-state index contributed by atoms with van der Waals surface area (Å²) in [6, 6.07) is 1.41. The van der Waals surface area contributed by atoms with Crippen molar-refractivity contribution in [2.45, 2.75) is 24.5 Å². The summed E-state index contributed by atoms with van der Waals surface area (Å²) in [6.07, 6.45) is -3.21. The zero-order valence-corrected chi connectivity index (χ0v) is 10.9. The molecule has 4 atom stereocenters. The van der Waals surface area contributed by atoms with Crippen LogP contribution in [0.5, 0.6) is 0 Å². The third kappa shape index (κ3) is 3.19. The van der Waals surface area contributed by atoms with Crippen molar-refractivity contribution in [3.63, 3.8) is 0 Å². The molecule has 0 radical (unpaired) electrons. The predicted molar refractivity (Wildman–Crippen MR) is 67.7 cm³/mol. The van der Waals surface area contributed by atoms with Crippen molar-refractivity contribution in [1.29, 1.82) is 0 Å². The van der Waals surface area contributed by atoms with Crippen LogP contribution in [0, 0.1) is 0 Å². The molecule has 1 fully saturated rings. The first-order valence-corrected chi connectivity index (χ1v) is 6.13. The first-order chi connectivity index (χ1) is 9.93. The van der Waals surface area contributed by atoms with E-state index in [2.05, 4.69) is 9.98 Å². The third-order valence-electron chi connectivity index (χ3n) is 3.01. The minimum absolute atomic E-state index is 0.0627. The van der Waals surface area contributed by atoms with E-state index in [1.54, 1.807) is 0 Å². The van der Waals surface area contributed by atoms with E-state index in [1.807, 2.05) is 0 Å². The number of nitrogens with zero attached hydrogens (tertiary/aromatic N) is 3. The van der Waals surface area contributed by atoms with E-state index in [-0.39, 0.29) is 11.4 Å². The summed E-state index contributed by atoms with van der Waals surface area (Å²) in [4.78, 5) is 18.2. The maximum absolute atomic E-state index is 10.6. The van der Waals surface area contributed by atoms with Gasteiger partial charge in [0.2, 0.25) is 5.62 Å². The monoisotopic (exact) mass is 300 g/mol. The average molecular weight is 300 g/mol. The molecule has 1 saturated heterocycles. The second-order valence-corrected chi connectivity index (χ2v) is 4.50. The summed E-state index contributed by atoms with van der Waals surface area (Å²) in [5, 5.41) is 37.4. The standard InChI is InChI=1S/C11H16N4O6/c12-6-1-2-15(11(14-6)13-3-7(17)18)10-9(20)8(19)5(4-16)21-10/h1-2,5,8-10,16,19-20H,3-4H2,(H,17,18)(H2,12,13,14). The first kappa shape index (κ1) is 15.4. The van der Waals surface area contributed by atoms with Gasteiger partial charge in [0.25, 0.3) is 0 Å². The predicted octanol–water partition coefficient (Wildman–Crippen LogP) is -2.94. The lowest BCUT2D eigenvalue weighted by atomic mass is 10.1. The molecule has 0 aromatic carbocycles. The number of anilines is 1. The quantitative estimate of drug-likeness (QED) is 0.394. The van der Waals surface area contributed by atoms with E-state index in [0.29, 0.717) is 0 Å². The summed E-state index contributed by atoms with van der Waals surface area (Å²) in [5.74, 6) is -1.05. The number of nitrogens with two attached hydrogens (primary N) is 1. The third-order valence-corrected chi connectivity index (χ3v) is 3.01. The molecule has 0 amide bonds. The van der Waals surface area contributed by atoms with Crippen LogP contribution in [0.1, 0.15) is 6.23 Å². The van der Waals surface area contributed by atoms with Crippen LogP contribution in [-0.2, 0) is 9.53 Å². The van der Waals surface area contributed by atoms with Gasteiger partial charge in [-0.25, -0.2) is 4.99 Å². The summed E-state index contributed by atoms with van der Waals surface area (Å²) < 4.78 is 6.59. The molecule has 116 valence electrons. The van der Waals surface area contributed by atoms with Gasteiger partial charge in [0, 0.05) is 6.20 Å². The molecule has 10 nitrogen and oxygen atoms in total. The van der Waals surface area contributed by atoms with Crippen LogP contribution in [0.3, 0.4) is 0 Å². The molecule has 4 unspecified atom stereocenters. The van der Waals surface area contributed by atoms with Crippen LogP contribution in [0.25, 0.3) is 0 Å². The number of hydrogen-bond donors (Lipinski definition) is 5. The zero-order chi connectivity index (χ0) is 15.6. The number of carboxylic acid groups (broad SMARTS) is 1. The van der Waals surface area contributed by atoms with Crippen molar-refractivity contribution in [1.82, 2.24) is 9.55 Å². The van der Waals surface area contributed by atoms with Gasteiger partial charge in [0.05, 0.1) is 6.61 Å². The Kier molecular flexibility index (Phi) is 4.53. The van der Waals surface area contributed by atoms with Gasteiger partial charge in [-0.05, 0) is 6.07 Å². The Morgan fingerprint density at radius 3 is 2.76 bits per heavy atom. The Bertz CT molecular complexity index is 588. The number of aliphatic hydroxyl groups is 3. The average Bonchev–Trinajstić information content (AvgIpc) is 2.73. The van der Waals surface area contributed by atoms with Crippen LogP contribution in [0.2, 0.25) is 0 Å². The minimum Gasteiger partial charge on any atom is -0.480 e. The lowest BCUT2D eigenvalue weighted by Crippen LogP contribution is -2.36. The van der Waals surface area contributed by atoms with E-state index in [4.69, 9.17) is 20.7 Å². The molecule has 1 aromatic heterocycles. The van der Waals surface area contributed by atoms with Crippen molar-refractivity contribution in [2.24, 2.45) is 4.99 Å². The lowest BCUT2D eigenvalue weighted by molar-refractivity contribution is -0.135. The second-order valence-electron chi connectivity index (χ2n) is 4.50. The second kappa shape index (κ2) is 6.18. The van der Waals surface area contributed by atoms with Crippen molar-refractivity contribution in [3.8, 4) is 0 Å². The molecule has 0 aliphatic carbocycles. The number of carboxylic acids is 1. The van der Waals surface area contributed by atoms with E-state index >= 15 is 0 Å². The van der Waals surface area contributed by atoms with Crippen molar-refractivity contribution >= 4 is 11.8 Å². The number of ether oxygens (including phenoxy) is 1. The Labute approximate surface area is 118 Å². The van der Waals surface area contributed by atoms with Gasteiger partial charge in [0.1, 0.15) is 30.7 Å². The summed E-state index contributed by atoms with van der Waals surface area (Å²) >= 11 is 0. The van der Waals surface area contributed by atoms with Crippen LogP contribution < -0.4 is 11.4 Å². The van der Waals surface area contributed by atoms with E-state index in [9.17, 15) is 15.0 Å². The molecular formula is C11H16N4O6. The van der Waals surface area contributed by atoms with Gasteiger partial charge in [0.15, 0.2) is 6.23 Å². The summed E-state index contributed by atoms with van der Waals surface area (Å²) in [6.45, 7) is -1.01. The number of carbonyl (C=O) groups is 1. The fourth-order valence-corrected chi connectivity index (χ4v) is 2.00. The highest BCUT2D eigenvalue weighted by Crippen LogP contribution is 2.27. The fraction of sp³-hybridized carbons (Fsp3) is 0.545. The van der Waals surface area contributed by atoms with Gasteiger partial charge in [-0.1, -0.05) is 0 Å². The van der Waals surface area contributed by atoms with Gasteiger partial charge in [-0.2, -0.15) is 4.98 Å². The molecule has 21 heavy (non-hydrogen) atoms. The molecule has 1 aliphatic rings. The largest absolute Gasteiger partial charge is 0.480 e. The maximum atomic E-state index is 10.6. The molecule has 1 aromatic rings. The SMILES string of the molecule is Nc1ccn(C2OC(CO)C(O)C2O)c(=NCC(=O)O)n1. The zero-order valence-electron chi connectivity index (χ0n) is 10.9. The molecule has 1 aliphatic heterocycles. The minimum atomic E-state index is -1.32. The van der Waals surface area contributed by atoms with Crippen LogP contribution in [-0.4, -0.2) is 67.4 Å². The Morgan fingerprint density at radius 2 is 2.19 bits per heavy atom. The van der Waals surface area contributed by atoms with Crippen molar-refractivity contribution < 1.29 is 30.0 Å². The molecule has 0 bridgehead atoms. The van der Waals surface area contributed by atoms with E-state index < -0.39 is 43.7 Å². The summed E-state index contributed by atoms with van der Waals surface area (Å²) in [7, 11) is 0. The number of hydrogen-bond acceptors (Lipinski definition) is 8. The van der Waals surface area contributed by atoms with Crippen LogP contribution in [0.4, 0.5) is 5.82 Å². The molecule has 10 heteroatoms. The van der Waals surface area contributed by atoms with Crippen LogP contribution in [0.15, 0.2) is 17.3 Å². The number of aliphatic carboxylic acids is 1. The Hall–Kier alpha value is -2.01. The molecule has 6 N–H and O–H groups in total. The molecule has 0 spiro atoms. The number of aliphatic hydroxyl groups excluding tert-OH is 3. The Morgan fingerprint density at radius 1 is 1.48 bits per heavy atom. The summed E-state index contributed by atoms with van der Waals surface area (Å²) in [5.41, 5.74) is 5.46. The van der Waals surface area contributed by atoms with Gasteiger partial charge < -0.3 is 30.9 Å². The number of rotatable bonds is 4. The highest BCUT2D eigenvalue weighted by molar-refractivity contribution is 5.69. The van der Waals surface area contributed by atoms with Crippen molar-refractivity contribution in [2.75, 3.05) is 18.9 Å². The molecule has 2 heterocycles. The smallest absolute Gasteiger partial charge is 0.325 e. The Balaban J connectivity index is 2.40. The van der Waals surface area contributed by atoms with Gasteiger partial charge >= 0.3 is 5.97 Å². The highest BCUT2D eigenvalue weighted by Gasteiger charge is 2.43. The highest BCUT2D eigenvalue weighted by atomic mass is 16.6. The normalized spacial score (nSPS) is 29.8. The molecule has 0 saturated carbocycles. The van der Waals surface area contributed by atoms with Crippen molar-refractivity contribution in [3.05, 3.63) is 17.9 Å². The molecule has 2 rings (SSSR count). The van der Waals surface area contributed by atoms with Gasteiger partial charge in [-0.3, -0.25) is 9.36 Å². The first-order valence-electron chi connectivity index (χ1n) is 6.13. The van der Waals surface area contributed by atoms with E-state index in [1.165, 1.54) is 16.8 Å². The number of aromatic nitrogens is 2. The van der Waals surface area contributed by atoms with Crippen LogP contribution >= 0.6 is 0 Å². The van der Waals surface area contributed by atoms with Gasteiger partial charge in [-0.15, -0.1) is 0 Å². The fourth-order valence-electron chi connectivity index (χ4n) is 2.00. The van der Waals surface area contributed by atoms with E-state index in [0.717, 1.165) is 0 Å². The number of nitrogen functional groups attached to an aromatic ring is 1. The lowest BCUT2D eigenvalue weighted by Gasteiger charge is -2.18.